The van der Waals surface area contributed by atoms with Crippen LogP contribution in [-0.4, -0.2) is 39.7 Å². The van der Waals surface area contributed by atoms with Crippen LogP contribution >= 0.6 is 0 Å². The molecule has 130 valence electrons. The average Bonchev–Trinajstić information content (AvgIpc) is 3.25. The summed E-state index contributed by atoms with van der Waals surface area (Å²) in [6.45, 7) is 0.563. The van der Waals surface area contributed by atoms with Crippen molar-refractivity contribution in [1.29, 1.82) is 0 Å². The van der Waals surface area contributed by atoms with Crippen molar-refractivity contribution in [2.45, 2.75) is 30.8 Å². The Hall–Kier alpha value is -2.67. The summed E-state index contributed by atoms with van der Waals surface area (Å²) >= 11 is 0. The van der Waals surface area contributed by atoms with Crippen LogP contribution < -0.4 is 16.0 Å². The monoisotopic (exact) mass is 339 g/mol. The number of carbonyl (C=O) groups excluding carboxylic acids is 2. The summed E-state index contributed by atoms with van der Waals surface area (Å²) in [7, 11) is 1.80. The summed E-state index contributed by atoms with van der Waals surface area (Å²) in [5.74, 6) is -0.365. The number of rotatable bonds is 3. The molecule has 25 heavy (non-hydrogen) atoms. The summed E-state index contributed by atoms with van der Waals surface area (Å²) in [6, 6.07) is 7.38. The van der Waals surface area contributed by atoms with E-state index in [9.17, 15) is 9.59 Å². The highest BCUT2D eigenvalue weighted by atomic mass is 16.2. The maximum absolute atomic E-state index is 12.8. The fourth-order valence-corrected chi connectivity index (χ4v) is 3.73. The summed E-state index contributed by atoms with van der Waals surface area (Å²) in [4.78, 5) is 27.0. The summed E-state index contributed by atoms with van der Waals surface area (Å²) in [5.41, 5.74) is 8.36. The van der Waals surface area contributed by atoms with E-state index in [-0.39, 0.29) is 11.8 Å². The number of nitrogens with zero attached hydrogens (tertiary/aromatic N) is 3. The van der Waals surface area contributed by atoms with Gasteiger partial charge in [-0.2, -0.15) is 5.10 Å². The zero-order valence-corrected chi connectivity index (χ0v) is 14.1. The Kier molecular flexibility index (Phi) is 3.61. The van der Waals surface area contributed by atoms with E-state index in [4.69, 9.17) is 5.73 Å². The van der Waals surface area contributed by atoms with Crippen molar-refractivity contribution < 1.29 is 9.59 Å². The number of hydrogen-bond donors (Lipinski definition) is 2. The molecule has 2 aliphatic rings. The summed E-state index contributed by atoms with van der Waals surface area (Å²) < 4.78 is 1.65. The molecular weight excluding hydrogens is 318 g/mol. The van der Waals surface area contributed by atoms with Gasteiger partial charge >= 0.3 is 0 Å². The van der Waals surface area contributed by atoms with Crippen LogP contribution in [-0.2, 0) is 29.5 Å². The first-order valence-electron chi connectivity index (χ1n) is 8.43. The third kappa shape index (κ3) is 2.70. The van der Waals surface area contributed by atoms with E-state index >= 15 is 0 Å². The van der Waals surface area contributed by atoms with Gasteiger partial charge in [0.1, 0.15) is 11.6 Å². The maximum atomic E-state index is 12.8. The van der Waals surface area contributed by atoms with Crippen molar-refractivity contribution in [3.8, 4) is 0 Å². The van der Waals surface area contributed by atoms with Gasteiger partial charge in [0.2, 0.25) is 11.8 Å². The molecule has 7 nitrogen and oxygen atoms in total. The standard InChI is InChI=1S/C18H21N5O2/c1-22-11-14(10-20-22)23-7-6-15(16(23)24)21-17(25)18(19)8-12-4-2-3-5-13(12)9-18/h2-5,10-11,15H,6-9,19H2,1H3,(H,21,25)/t15-/m0/s1. The lowest BCUT2D eigenvalue weighted by Crippen LogP contribution is -2.58. The number of anilines is 1. The second-order valence-electron chi connectivity index (χ2n) is 6.96. The smallest absolute Gasteiger partial charge is 0.249 e. The van der Waals surface area contributed by atoms with Gasteiger partial charge in [-0.1, -0.05) is 24.3 Å². The van der Waals surface area contributed by atoms with Gasteiger partial charge in [-0.3, -0.25) is 14.3 Å². The van der Waals surface area contributed by atoms with E-state index in [1.807, 2.05) is 24.3 Å². The van der Waals surface area contributed by atoms with Crippen molar-refractivity contribution in [1.82, 2.24) is 15.1 Å². The predicted octanol–water partition coefficient (Wildman–Crippen LogP) is 0.138. The van der Waals surface area contributed by atoms with Gasteiger partial charge in [0.25, 0.3) is 0 Å². The van der Waals surface area contributed by atoms with Gasteiger partial charge in [-0.25, -0.2) is 0 Å². The second-order valence-corrected chi connectivity index (χ2v) is 6.96. The average molecular weight is 339 g/mol. The molecule has 2 amide bonds. The fourth-order valence-electron chi connectivity index (χ4n) is 3.73. The Morgan fingerprint density at radius 1 is 1.32 bits per heavy atom. The lowest BCUT2D eigenvalue weighted by Gasteiger charge is -2.24. The minimum absolute atomic E-state index is 0.111. The van der Waals surface area contributed by atoms with Crippen LogP contribution in [0, 0.1) is 0 Å². The zero-order valence-electron chi connectivity index (χ0n) is 14.1. The van der Waals surface area contributed by atoms with E-state index < -0.39 is 11.6 Å². The molecule has 0 unspecified atom stereocenters. The van der Waals surface area contributed by atoms with E-state index in [1.165, 1.54) is 0 Å². The topological polar surface area (TPSA) is 93.2 Å². The lowest BCUT2D eigenvalue weighted by molar-refractivity contribution is -0.130. The van der Waals surface area contributed by atoms with Crippen LogP contribution in [0.2, 0.25) is 0 Å². The van der Waals surface area contributed by atoms with E-state index in [2.05, 4.69) is 10.4 Å². The van der Waals surface area contributed by atoms with Gasteiger partial charge in [-0.15, -0.1) is 0 Å². The molecule has 0 spiro atoms. The molecule has 1 saturated heterocycles. The Bertz CT molecular complexity index is 818. The van der Waals surface area contributed by atoms with Gasteiger partial charge in [0.15, 0.2) is 0 Å². The first kappa shape index (κ1) is 15.8. The van der Waals surface area contributed by atoms with Crippen molar-refractivity contribution in [3.63, 3.8) is 0 Å². The first-order valence-corrected chi connectivity index (χ1v) is 8.43. The van der Waals surface area contributed by atoms with Crippen molar-refractivity contribution in [2.75, 3.05) is 11.4 Å². The molecular formula is C18H21N5O2. The highest BCUT2D eigenvalue weighted by Gasteiger charge is 2.43. The van der Waals surface area contributed by atoms with Gasteiger partial charge in [-0.05, 0) is 30.4 Å². The summed E-state index contributed by atoms with van der Waals surface area (Å²) in [6.07, 6.45) is 5.02. The minimum Gasteiger partial charge on any atom is -0.343 e. The highest BCUT2D eigenvalue weighted by Crippen LogP contribution is 2.29. The zero-order chi connectivity index (χ0) is 17.6. The Labute approximate surface area is 145 Å². The molecule has 3 N–H and O–H groups in total. The molecule has 1 fully saturated rings. The molecule has 1 aliphatic heterocycles. The SMILES string of the molecule is Cn1cc(N2CC[C@H](NC(=O)C3(N)Cc4ccccc4C3)C2=O)cn1. The van der Waals surface area contributed by atoms with Gasteiger partial charge < -0.3 is 16.0 Å². The number of nitrogens with one attached hydrogen (secondary N) is 1. The Morgan fingerprint density at radius 2 is 2.00 bits per heavy atom. The largest absolute Gasteiger partial charge is 0.343 e. The van der Waals surface area contributed by atoms with Crippen LogP contribution in [0.4, 0.5) is 5.69 Å². The summed E-state index contributed by atoms with van der Waals surface area (Å²) in [5, 5.41) is 6.96. The highest BCUT2D eigenvalue weighted by molar-refractivity contribution is 6.02. The Balaban J connectivity index is 1.44. The first-order chi connectivity index (χ1) is 12.0. The van der Waals surface area contributed by atoms with Crippen LogP contribution in [0.5, 0.6) is 0 Å². The molecule has 1 atom stereocenters. The van der Waals surface area contributed by atoms with Crippen LogP contribution in [0.3, 0.4) is 0 Å². The molecule has 2 heterocycles. The molecule has 7 heteroatoms. The third-order valence-corrected chi connectivity index (χ3v) is 5.10. The van der Waals surface area contributed by atoms with Gasteiger partial charge in [0, 0.05) is 19.8 Å². The number of aryl methyl sites for hydroxylation is 1. The second kappa shape index (κ2) is 5.70. The van der Waals surface area contributed by atoms with Crippen molar-refractivity contribution in [2.24, 2.45) is 12.8 Å². The van der Waals surface area contributed by atoms with E-state index in [1.54, 1.807) is 29.0 Å². The molecule has 0 saturated carbocycles. The normalized spacial score (nSPS) is 21.4. The molecule has 4 rings (SSSR count). The number of benzene rings is 1. The quantitative estimate of drug-likeness (QED) is 0.832. The van der Waals surface area contributed by atoms with Crippen LogP contribution in [0.25, 0.3) is 0 Å². The predicted molar refractivity (Wildman–Crippen MR) is 92.9 cm³/mol. The number of amides is 2. The molecule has 1 aliphatic carbocycles. The number of carbonyl (C=O) groups is 2. The van der Waals surface area contributed by atoms with E-state index in [0.29, 0.717) is 25.8 Å². The molecule has 2 aromatic rings. The number of hydrogen-bond acceptors (Lipinski definition) is 4. The maximum Gasteiger partial charge on any atom is 0.249 e. The Morgan fingerprint density at radius 3 is 2.60 bits per heavy atom. The molecule has 0 bridgehead atoms. The van der Waals surface area contributed by atoms with Crippen LogP contribution in [0.15, 0.2) is 36.7 Å². The third-order valence-electron chi connectivity index (χ3n) is 5.10. The van der Waals surface area contributed by atoms with Gasteiger partial charge in [0.05, 0.1) is 11.9 Å². The molecule has 1 aromatic carbocycles. The number of fused-ring (bicyclic) bond motifs is 1. The molecule has 1 aromatic heterocycles. The lowest BCUT2D eigenvalue weighted by atomic mass is 9.95. The minimum atomic E-state index is -0.980. The number of nitrogens with two attached hydrogens (primary N) is 1. The fraction of sp³-hybridized carbons (Fsp3) is 0.389. The van der Waals surface area contributed by atoms with Crippen LogP contribution in [0.1, 0.15) is 17.5 Å². The molecule has 0 radical (unpaired) electrons. The number of aromatic nitrogens is 2. The van der Waals surface area contributed by atoms with E-state index in [0.717, 1.165) is 16.8 Å². The van der Waals surface area contributed by atoms with Crippen molar-refractivity contribution in [3.05, 3.63) is 47.8 Å². The van der Waals surface area contributed by atoms with Crippen molar-refractivity contribution >= 4 is 17.5 Å².